The molecule has 0 spiro atoms. The first kappa shape index (κ1) is 18.7. The Hall–Kier alpha value is -2.70. The molecule has 0 saturated carbocycles. The summed E-state index contributed by atoms with van der Waals surface area (Å²) in [6.45, 7) is 8.13. The Bertz CT molecular complexity index is 926. The van der Waals surface area contributed by atoms with Crippen molar-refractivity contribution < 1.29 is 9.53 Å². The maximum atomic E-state index is 12.7. The highest BCUT2D eigenvalue weighted by Crippen LogP contribution is 2.23. The molecule has 1 aliphatic rings. The van der Waals surface area contributed by atoms with Crippen LogP contribution < -0.4 is 4.74 Å². The number of aromatic nitrogens is 1. The SMILES string of the molecule is C=CCOc1ccc(C(=O)N2CCN(Cc3nc4ccccc4s3)CC2)cc1. The van der Waals surface area contributed by atoms with Gasteiger partial charge in [-0.1, -0.05) is 24.8 Å². The molecule has 1 saturated heterocycles. The van der Waals surface area contributed by atoms with E-state index in [4.69, 9.17) is 9.72 Å². The zero-order valence-corrected chi connectivity index (χ0v) is 16.5. The molecule has 1 aliphatic heterocycles. The maximum absolute atomic E-state index is 12.7. The third-order valence-corrected chi connectivity index (χ3v) is 5.85. The van der Waals surface area contributed by atoms with Gasteiger partial charge in [0.1, 0.15) is 17.4 Å². The Morgan fingerprint density at radius 1 is 1.11 bits per heavy atom. The minimum Gasteiger partial charge on any atom is -0.490 e. The number of benzene rings is 2. The second-order valence-electron chi connectivity index (χ2n) is 6.77. The van der Waals surface area contributed by atoms with Crippen LogP contribution in [0.3, 0.4) is 0 Å². The van der Waals surface area contributed by atoms with Gasteiger partial charge in [-0.2, -0.15) is 0 Å². The summed E-state index contributed by atoms with van der Waals surface area (Å²) >= 11 is 1.75. The highest BCUT2D eigenvalue weighted by atomic mass is 32.1. The van der Waals surface area contributed by atoms with Crippen molar-refractivity contribution >= 4 is 27.5 Å². The molecule has 0 aliphatic carbocycles. The van der Waals surface area contributed by atoms with Crippen LogP contribution in [0.1, 0.15) is 15.4 Å². The number of hydrogen-bond donors (Lipinski definition) is 0. The highest BCUT2D eigenvalue weighted by molar-refractivity contribution is 7.18. The number of carbonyl (C=O) groups is 1. The topological polar surface area (TPSA) is 45.7 Å². The molecule has 0 N–H and O–H groups in total. The van der Waals surface area contributed by atoms with Gasteiger partial charge in [0.25, 0.3) is 5.91 Å². The molecule has 144 valence electrons. The molecule has 0 unspecified atom stereocenters. The Kier molecular flexibility index (Phi) is 5.69. The van der Waals surface area contributed by atoms with E-state index in [0.29, 0.717) is 12.2 Å². The van der Waals surface area contributed by atoms with Crippen LogP contribution in [0.25, 0.3) is 10.2 Å². The largest absolute Gasteiger partial charge is 0.490 e. The lowest BCUT2D eigenvalue weighted by Gasteiger charge is -2.34. The van der Waals surface area contributed by atoms with E-state index in [1.807, 2.05) is 41.3 Å². The van der Waals surface area contributed by atoms with Crippen molar-refractivity contribution in [2.45, 2.75) is 6.54 Å². The molecule has 5 nitrogen and oxygen atoms in total. The summed E-state index contributed by atoms with van der Waals surface area (Å²) in [6, 6.07) is 15.6. The number of piperazine rings is 1. The molecular weight excluding hydrogens is 370 g/mol. The third kappa shape index (κ3) is 4.24. The van der Waals surface area contributed by atoms with E-state index in [2.05, 4.69) is 23.6 Å². The van der Waals surface area contributed by atoms with Crippen LogP contribution in [0.2, 0.25) is 0 Å². The number of rotatable bonds is 6. The predicted molar refractivity (Wildman–Crippen MR) is 113 cm³/mol. The molecule has 0 atom stereocenters. The van der Waals surface area contributed by atoms with Gasteiger partial charge in [-0.15, -0.1) is 11.3 Å². The summed E-state index contributed by atoms with van der Waals surface area (Å²) in [7, 11) is 0. The van der Waals surface area contributed by atoms with Crippen LogP contribution in [0.15, 0.2) is 61.2 Å². The van der Waals surface area contributed by atoms with Gasteiger partial charge in [-0.25, -0.2) is 4.98 Å². The molecule has 0 bridgehead atoms. The van der Waals surface area contributed by atoms with Crippen molar-refractivity contribution in [2.24, 2.45) is 0 Å². The summed E-state index contributed by atoms with van der Waals surface area (Å²) < 4.78 is 6.70. The lowest BCUT2D eigenvalue weighted by atomic mass is 10.1. The fraction of sp³-hybridized carbons (Fsp3) is 0.273. The molecule has 2 aromatic carbocycles. The fourth-order valence-corrected chi connectivity index (χ4v) is 4.33. The zero-order chi connectivity index (χ0) is 19.3. The molecule has 28 heavy (non-hydrogen) atoms. The van der Waals surface area contributed by atoms with E-state index in [-0.39, 0.29) is 5.91 Å². The number of amides is 1. The second-order valence-corrected chi connectivity index (χ2v) is 7.88. The number of fused-ring (bicyclic) bond motifs is 1. The highest BCUT2D eigenvalue weighted by Gasteiger charge is 2.22. The quantitative estimate of drug-likeness (QED) is 0.598. The van der Waals surface area contributed by atoms with E-state index in [1.54, 1.807) is 17.4 Å². The van der Waals surface area contributed by atoms with Crippen LogP contribution in [0.5, 0.6) is 5.75 Å². The molecule has 1 aromatic heterocycles. The predicted octanol–water partition coefficient (Wildman–Crippen LogP) is 3.82. The Morgan fingerprint density at radius 2 is 1.86 bits per heavy atom. The third-order valence-electron chi connectivity index (χ3n) is 4.83. The van der Waals surface area contributed by atoms with Crippen molar-refractivity contribution in [2.75, 3.05) is 32.8 Å². The van der Waals surface area contributed by atoms with Crippen molar-refractivity contribution in [3.63, 3.8) is 0 Å². The number of carbonyl (C=O) groups excluding carboxylic acids is 1. The van der Waals surface area contributed by atoms with Crippen LogP contribution in [0.4, 0.5) is 0 Å². The van der Waals surface area contributed by atoms with E-state index in [1.165, 1.54) is 4.70 Å². The molecule has 3 aromatic rings. The first-order valence-corrected chi connectivity index (χ1v) is 10.2. The lowest BCUT2D eigenvalue weighted by molar-refractivity contribution is 0.0628. The van der Waals surface area contributed by atoms with Crippen molar-refractivity contribution in [3.05, 3.63) is 71.8 Å². The van der Waals surface area contributed by atoms with Gasteiger partial charge < -0.3 is 9.64 Å². The fourth-order valence-electron chi connectivity index (χ4n) is 3.32. The first-order valence-electron chi connectivity index (χ1n) is 9.43. The number of thiazole rings is 1. The maximum Gasteiger partial charge on any atom is 0.253 e. The van der Waals surface area contributed by atoms with Crippen molar-refractivity contribution in [3.8, 4) is 5.75 Å². The summed E-state index contributed by atoms with van der Waals surface area (Å²) in [5.74, 6) is 0.826. The summed E-state index contributed by atoms with van der Waals surface area (Å²) in [6.07, 6.45) is 1.70. The van der Waals surface area contributed by atoms with Gasteiger partial charge in [0, 0.05) is 31.7 Å². The van der Waals surface area contributed by atoms with E-state index in [9.17, 15) is 4.79 Å². The van der Waals surface area contributed by atoms with E-state index in [0.717, 1.165) is 49.0 Å². The number of nitrogens with zero attached hydrogens (tertiary/aromatic N) is 3. The van der Waals surface area contributed by atoms with E-state index < -0.39 is 0 Å². The molecule has 1 amide bonds. The van der Waals surface area contributed by atoms with Gasteiger partial charge >= 0.3 is 0 Å². The summed E-state index contributed by atoms with van der Waals surface area (Å²) in [5.41, 5.74) is 1.77. The van der Waals surface area contributed by atoms with Gasteiger partial charge in [-0.05, 0) is 36.4 Å². The number of ether oxygens (including phenoxy) is 1. The summed E-state index contributed by atoms with van der Waals surface area (Å²) in [4.78, 5) is 21.8. The van der Waals surface area contributed by atoms with Crippen molar-refractivity contribution in [1.29, 1.82) is 0 Å². The zero-order valence-electron chi connectivity index (χ0n) is 15.7. The van der Waals surface area contributed by atoms with E-state index >= 15 is 0 Å². The monoisotopic (exact) mass is 393 g/mol. The second kappa shape index (κ2) is 8.54. The first-order chi connectivity index (χ1) is 13.7. The van der Waals surface area contributed by atoms with Gasteiger partial charge in [0.2, 0.25) is 0 Å². The molecule has 1 fully saturated rings. The Balaban J connectivity index is 1.31. The normalized spacial score (nSPS) is 14.9. The van der Waals surface area contributed by atoms with Gasteiger partial charge in [0.05, 0.1) is 16.8 Å². The molecule has 0 radical (unpaired) electrons. The smallest absolute Gasteiger partial charge is 0.253 e. The average Bonchev–Trinajstić information content (AvgIpc) is 3.15. The van der Waals surface area contributed by atoms with Gasteiger partial charge in [0.15, 0.2) is 0 Å². The summed E-state index contributed by atoms with van der Waals surface area (Å²) in [5, 5.41) is 1.14. The van der Waals surface area contributed by atoms with Crippen LogP contribution in [0, 0.1) is 0 Å². The standard InChI is InChI=1S/C22H23N3O2S/c1-2-15-27-18-9-7-17(8-10-18)22(26)25-13-11-24(12-14-25)16-21-23-19-5-3-4-6-20(19)28-21/h2-10H,1,11-16H2. The molecule has 4 rings (SSSR count). The van der Waals surface area contributed by atoms with Gasteiger partial charge in [-0.3, -0.25) is 9.69 Å². The minimum absolute atomic E-state index is 0.0786. The average molecular weight is 394 g/mol. The van der Waals surface area contributed by atoms with Crippen molar-refractivity contribution in [1.82, 2.24) is 14.8 Å². The Morgan fingerprint density at radius 3 is 2.57 bits per heavy atom. The minimum atomic E-state index is 0.0786. The molecule has 6 heteroatoms. The lowest BCUT2D eigenvalue weighted by Crippen LogP contribution is -2.48. The Labute approximate surface area is 168 Å². The molecule has 2 heterocycles. The van der Waals surface area contributed by atoms with Crippen LogP contribution in [-0.2, 0) is 6.54 Å². The molecular formula is C22H23N3O2S. The van der Waals surface area contributed by atoms with Crippen LogP contribution in [-0.4, -0.2) is 53.5 Å². The number of hydrogen-bond acceptors (Lipinski definition) is 5. The van der Waals surface area contributed by atoms with Crippen LogP contribution >= 0.6 is 11.3 Å². The number of para-hydroxylation sites is 1.